The molecule has 11 heteroatoms. The number of carboxylic acids is 1. The SMILES string of the molecule is COc1ccc(C)cc1S(=O)(=O)n1ccc2c(CN3CCC3)cccc21.O=C(O)C(F)(F)F. The van der Waals surface area contributed by atoms with Crippen molar-refractivity contribution < 1.29 is 36.2 Å². The first kappa shape index (κ1) is 24.6. The minimum absolute atomic E-state index is 0.186. The average Bonchev–Trinajstić information content (AvgIpc) is 3.16. The van der Waals surface area contributed by atoms with E-state index in [9.17, 15) is 21.6 Å². The second kappa shape index (κ2) is 9.44. The second-order valence-electron chi connectivity index (χ2n) is 7.55. The summed E-state index contributed by atoms with van der Waals surface area (Å²) in [7, 11) is -2.26. The molecule has 0 amide bonds. The topological polar surface area (TPSA) is 88.8 Å². The fourth-order valence-corrected chi connectivity index (χ4v) is 5.02. The average molecular weight is 484 g/mol. The van der Waals surface area contributed by atoms with Crippen LogP contribution in [0.4, 0.5) is 13.2 Å². The molecule has 0 unspecified atom stereocenters. The van der Waals surface area contributed by atoms with E-state index in [2.05, 4.69) is 11.0 Å². The van der Waals surface area contributed by atoms with Gasteiger partial charge in [0.05, 0.1) is 12.6 Å². The van der Waals surface area contributed by atoms with Gasteiger partial charge in [-0.05, 0) is 61.8 Å². The quantitative estimate of drug-likeness (QED) is 0.588. The molecule has 1 N–H and O–H groups in total. The lowest BCUT2D eigenvalue weighted by atomic mass is 10.1. The van der Waals surface area contributed by atoms with Crippen LogP contribution in [-0.4, -0.2) is 54.7 Å². The maximum atomic E-state index is 13.3. The van der Waals surface area contributed by atoms with Crippen molar-refractivity contribution in [1.29, 1.82) is 0 Å². The van der Waals surface area contributed by atoms with Crippen LogP contribution in [0.2, 0.25) is 0 Å². The molecule has 1 aromatic heterocycles. The molecule has 0 radical (unpaired) electrons. The highest BCUT2D eigenvalue weighted by atomic mass is 32.2. The minimum atomic E-state index is -5.08. The summed E-state index contributed by atoms with van der Waals surface area (Å²) in [6.07, 6.45) is -2.21. The number of carbonyl (C=O) groups is 1. The molecule has 2 aromatic carbocycles. The number of likely N-dealkylation sites (tertiary alicyclic amines) is 1. The summed E-state index contributed by atoms with van der Waals surface area (Å²) in [6, 6.07) is 12.9. The fraction of sp³-hybridized carbons (Fsp3) is 0.318. The van der Waals surface area contributed by atoms with Gasteiger partial charge in [0.25, 0.3) is 10.0 Å². The highest BCUT2D eigenvalue weighted by Crippen LogP contribution is 2.31. The van der Waals surface area contributed by atoms with E-state index in [1.165, 1.54) is 17.5 Å². The molecule has 3 aromatic rings. The Bertz CT molecular complexity index is 1260. The summed E-state index contributed by atoms with van der Waals surface area (Å²) in [5, 5.41) is 8.11. The summed E-state index contributed by atoms with van der Waals surface area (Å²) in [5.74, 6) is -2.40. The van der Waals surface area contributed by atoms with E-state index in [1.54, 1.807) is 18.3 Å². The Hall–Kier alpha value is -3.05. The number of aryl methyl sites for hydroxylation is 1. The molecule has 178 valence electrons. The van der Waals surface area contributed by atoms with E-state index in [0.29, 0.717) is 11.3 Å². The van der Waals surface area contributed by atoms with E-state index in [1.807, 2.05) is 31.2 Å². The molecule has 0 aliphatic carbocycles. The van der Waals surface area contributed by atoms with Crippen molar-refractivity contribution >= 4 is 26.9 Å². The third-order valence-corrected chi connectivity index (χ3v) is 6.94. The lowest BCUT2D eigenvalue weighted by Crippen LogP contribution is -2.36. The van der Waals surface area contributed by atoms with E-state index in [0.717, 1.165) is 36.1 Å². The fourth-order valence-electron chi connectivity index (χ4n) is 3.43. The van der Waals surface area contributed by atoms with Gasteiger partial charge in [0, 0.05) is 18.1 Å². The molecule has 7 nitrogen and oxygen atoms in total. The molecule has 33 heavy (non-hydrogen) atoms. The molecular weight excluding hydrogens is 461 g/mol. The first-order chi connectivity index (χ1) is 15.4. The van der Waals surface area contributed by atoms with Crippen LogP contribution in [0.5, 0.6) is 5.75 Å². The number of fused-ring (bicyclic) bond motifs is 1. The van der Waals surface area contributed by atoms with Crippen LogP contribution in [0.15, 0.2) is 53.6 Å². The van der Waals surface area contributed by atoms with Crippen molar-refractivity contribution in [3.05, 3.63) is 59.8 Å². The van der Waals surface area contributed by atoms with Gasteiger partial charge in [0.1, 0.15) is 10.6 Å². The van der Waals surface area contributed by atoms with Crippen LogP contribution >= 0.6 is 0 Å². The second-order valence-corrected chi connectivity index (χ2v) is 9.34. The summed E-state index contributed by atoms with van der Waals surface area (Å²) >= 11 is 0. The number of hydrogen-bond acceptors (Lipinski definition) is 5. The van der Waals surface area contributed by atoms with Crippen molar-refractivity contribution in [2.45, 2.75) is 31.0 Å². The third kappa shape index (κ3) is 5.31. The maximum Gasteiger partial charge on any atom is 0.490 e. The molecule has 0 bridgehead atoms. The largest absolute Gasteiger partial charge is 0.495 e. The third-order valence-electron chi connectivity index (χ3n) is 5.23. The van der Waals surface area contributed by atoms with Crippen molar-refractivity contribution in [3.63, 3.8) is 0 Å². The summed E-state index contributed by atoms with van der Waals surface area (Å²) < 4.78 is 65.0. The number of methoxy groups -OCH3 is 1. The Balaban J connectivity index is 0.000000383. The van der Waals surface area contributed by atoms with Crippen LogP contribution in [0.3, 0.4) is 0 Å². The highest BCUT2D eigenvalue weighted by molar-refractivity contribution is 7.90. The van der Waals surface area contributed by atoms with Crippen molar-refractivity contribution in [3.8, 4) is 5.75 Å². The number of aliphatic carboxylic acids is 1. The zero-order chi connectivity index (χ0) is 24.4. The van der Waals surface area contributed by atoms with Gasteiger partial charge in [-0.25, -0.2) is 17.2 Å². The van der Waals surface area contributed by atoms with Gasteiger partial charge in [-0.2, -0.15) is 13.2 Å². The van der Waals surface area contributed by atoms with Gasteiger partial charge >= 0.3 is 12.1 Å². The minimum Gasteiger partial charge on any atom is -0.495 e. The van der Waals surface area contributed by atoms with Crippen LogP contribution in [-0.2, 0) is 21.4 Å². The van der Waals surface area contributed by atoms with E-state index >= 15 is 0 Å². The van der Waals surface area contributed by atoms with Crippen LogP contribution < -0.4 is 4.74 Å². The van der Waals surface area contributed by atoms with Crippen molar-refractivity contribution in [1.82, 2.24) is 8.87 Å². The number of aromatic nitrogens is 1. The smallest absolute Gasteiger partial charge is 0.490 e. The lowest BCUT2D eigenvalue weighted by Gasteiger charge is -2.30. The molecule has 1 fully saturated rings. The molecule has 1 saturated heterocycles. The van der Waals surface area contributed by atoms with Gasteiger partial charge in [-0.1, -0.05) is 18.2 Å². The van der Waals surface area contributed by atoms with Crippen molar-refractivity contribution in [2.75, 3.05) is 20.2 Å². The Morgan fingerprint density at radius 1 is 1.15 bits per heavy atom. The standard InChI is InChI=1S/C20H22N2O3S.C2HF3O2/c1-15-7-8-19(25-2)20(13-15)26(23,24)22-12-9-17-16(5-3-6-18(17)22)14-21-10-4-11-21;3-2(4,5)1(6)7/h3,5-9,12-13H,4,10-11,14H2,1-2H3;(H,6,7). The van der Waals surface area contributed by atoms with E-state index < -0.39 is 22.2 Å². The Morgan fingerprint density at radius 3 is 2.36 bits per heavy atom. The molecule has 0 atom stereocenters. The number of hydrogen-bond donors (Lipinski definition) is 1. The Morgan fingerprint density at radius 2 is 1.82 bits per heavy atom. The molecule has 0 spiro atoms. The van der Waals surface area contributed by atoms with E-state index in [4.69, 9.17) is 14.6 Å². The summed E-state index contributed by atoms with van der Waals surface area (Å²) in [4.78, 5) is 11.4. The maximum absolute atomic E-state index is 13.3. The number of carboxylic acid groups (broad SMARTS) is 1. The number of nitrogens with zero attached hydrogens (tertiary/aromatic N) is 2. The Labute approximate surface area is 189 Å². The first-order valence-electron chi connectivity index (χ1n) is 9.97. The number of alkyl halides is 3. The van der Waals surface area contributed by atoms with Gasteiger partial charge < -0.3 is 9.84 Å². The molecule has 4 rings (SSSR count). The number of rotatable bonds is 5. The van der Waals surface area contributed by atoms with Crippen LogP contribution in [0.1, 0.15) is 17.5 Å². The predicted molar refractivity (Wildman–Crippen MR) is 116 cm³/mol. The first-order valence-corrected chi connectivity index (χ1v) is 11.4. The number of benzene rings is 2. The highest BCUT2D eigenvalue weighted by Gasteiger charge is 2.38. The van der Waals surface area contributed by atoms with E-state index in [-0.39, 0.29) is 4.90 Å². The number of halogens is 3. The van der Waals surface area contributed by atoms with Crippen LogP contribution in [0, 0.1) is 6.92 Å². The zero-order valence-corrected chi connectivity index (χ0v) is 18.8. The van der Waals surface area contributed by atoms with Gasteiger partial charge in [-0.3, -0.25) is 4.90 Å². The number of ether oxygens (including phenoxy) is 1. The summed E-state index contributed by atoms with van der Waals surface area (Å²) in [5.41, 5.74) is 2.73. The van der Waals surface area contributed by atoms with Gasteiger partial charge in [-0.15, -0.1) is 0 Å². The lowest BCUT2D eigenvalue weighted by molar-refractivity contribution is -0.192. The molecule has 1 aliphatic rings. The molecule has 2 heterocycles. The normalized spacial score (nSPS) is 14.3. The zero-order valence-electron chi connectivity index (χ0n) is 18.0. The molecule has 1 aliphatic heterocycles. The molecular formula is C22H23F3N2O5S. The van der Waals surface area contributed by atoms with Crippen LogP contribution in [0.25, 0.3) is 10.9 Å². The van der Waals surface area contributed by atoms with Gasteiger partial charge in [0.2, 0.25) is 0 Å². The Kier molecular flexibility index (Phi) is 7.03. The van der Waals surface area contributed by atoms with Crippen molar-refractivity contribution in [2.24, 2.45) is 0 Å². The van der Waals surface area contributed by atoms with Gasteiger partial charge in [0.15, 0.2) is 0 Å². The predicted octanol–water partition coefficient (Wildman–Crippen LogP) is 4.03. The molecule has 0 saturated carbocycles. The monoisotopic (exact) mass is 484 g/mol. The summed E-state index contributed by atoms with van der Waals surface area (Å²) in [6.45, 7) is 4.94.